The molecule has 0 saturated heterocycles. The molecule has 0 aliphatic heterocycles. The molecule has 50 heavy (non-hydrogen) atoms. The third-order valence-electron chi connectivity index (χ3n) is 8.11. The maximum Gasteiger partial charge on any atom is 0.469 e. The second kappa shape index (κ2) is 36.5. The first kappa shape index (κ1) is 47.8. The largest absolute Gasteiger partial charge is 0.469 e. The highest BCUT2D eigenvalue weighted by atomic mass is 31.2. The molecule has 0 radical (unpaired) electrons. The van der Waals surface area contributed by atoms with Crippen molar-refractivity contribution < 1.29 is 37.9 Å². The molecule has 0 aromatic rings. The van der Waals surface area contributed by atoms with E-state index < -0.39 is 32.5 Å². The molecule has 0 aliphatic carbocycles. The Balaban J connectivity index is 4.00. The third kappa shape index (κ3) is 38.6. The van der Waals surface area contributed by atoms with Crippen LogP contribution in [-0.4, -0.2) is 41.0 Å². The summed E-state index contributed by atoms with van der Waals surface area (Å²) in [7, 11) is -4.76. The zero-order valence-electron chi connectivity index (χ0n) is 31.5. The topological polar surface area (TPSA) is 119 Å². The van der Waals surface area contributed by atoms with E-state index in [0.29, 0.717) is 12.8 Å². The van der Waals surface area contributed by atoms with Gasteiger partial charge in [0, 0.05) is 12.8 Å². The average molecular weight is 723 g/mol. The van der Waals surface area contributed by atoms with Crippen molar-refractivity contribution in [2.45, 2.75) is 174 Å². The lowest BCUT2D eigenvalue weighted by molar-refractivity contribution is -0.161. The number of allylic oxidation sites excluding steroid dienone is 10. The van der Waals surface area contributed by atoms with Gasteiger partial charge in [-0.3, -0.25) is 14.1 Å². The molecule has 0 aromatic heterocycles. The molecule has 8 nitrogen and oxygen atoms in total. The van der Waals surface area contributed by atoms with E-state index in [-0.39, 0.29) is 19.4 Å². The van der Waals surface area contributed by atoms with Crippen LogP contribution in [0.4, 0.5) is 0 Å². The van der Waals surface area contributed by atoms with Crippen molar-refractivity contribution in [1.29, 1.82) is 0 Å². The number of carbonyl (C=O) groups excluding carboxylic acids is 2. The van der Waals surface area contributed by atoms with Gasteiger partial charge in [0.15, 0.2) is 6.10 Å². The van der Waals surface area contributed by atoms with Gasteiger partial charge in [-0.1, -0.05) is 158 Å². The van der Waals surface area contributed by atoms with Crippen LogP contribution in [0.3, 0.4) is 0 Å². The number of hydrogen-bond donors (Lipinski definition) is 2. The highest BCUT2D eigenvalue weighted by Gasteiger charge is 2.22. The van der Waals surface area contributed by atoms with Crippen molar-refractivity contribution in [2.75, 3.05) is 13.2 Å². The number of phosphoric ester groups is 1. The van der Waals surface area contributed by atoms with E-state index in [1.54, 1.807) is 0 Å². The summed E-state index contributed by atoms with van der Waals surface area (Å²) in [6, 6.07) is 0. The summed E-state index contributed by atoms with van der Waals surface area (Å²) in [5.41, 5.74) is 0. The first-order valence-corrected chi connectivity index (χ1v) is 21.2. The second-order valence-corrected chi connectivity index (χ2v) is 14.2. The van der Waals surface area contributed by atoms with Gasteiger partial charge in [-0.25, -0.2) is 4.57 Å². The van der Waals surface area contributed by atoms with E-state index in [4.69, 9.17) is 19.3 Å². The zero-order valence-corrected chi connectivity index (χ0v) is 32.4. The quantitative estimate of drug-likeness (QED) is 0.0218. The van der Waals surface area contributed by atoms with Crippen LogP contribution in [0.1, 0.15) is 168 Å². The standard InChI is InChI=1S/C41H71O8P/c1-3-5-7-9-11-13-15-17-19-20-22-23-25-27-29-31-33-35-40(42)47-37-39(38-48-50(44,45)46)49-41(43)36-34-32-30-28-26-24-21-18-16-14-12-10-8-6-4-2/h6,8,10,12,14,16-19,21,39H,3-5,7,9,11,13,15,20,22-38H2,1-2H3,(H2,44,45,46)/b8-6+,12-10+,16-14+,19-17+,21-18+/t39-/m1/s1. The Hall–Kier alpha value is -2.25. The van der Waals surface area contributed by atoms with Crippen molar-refractivity contribution in [2.24, 2.45) is 0 Å². The molecule has 9 heteroatoms. The van der Waals surface area contributed by atoms with Crippen LogP contribution in [0.2, 0.25) is 0 Å². The van der Waals surface area contributed by atoms with Crippen LogP contribution in [0.5, 0.6) is 0 Å². The van der Waals surface area contributed by atoms with Gasteiger partial charge in [-0.15, -0.1) is 0 Å². The molecule has 0 bridgehead atoms. The molecule has 0 aromatic carbocycles. The first-order chi connectivity index (χ1) is 24.3. The number of phosphoric acid groups is 1. The lowest BCUT2D eigenvalue weighted by Gasteiger charge is -2.18. The van der Waals surface area contributed by atoms with Crippen LogP contribution in [-0.2, 0) is 28.2 Å². The Bertz CT molecular complexity index is 995. The van der Waals surface area contributed by atoms with E-state index in [9.17, 15) is 14.2 Å². The summed E-state index contributed by atoms with van der Waals surface area (Å²) >= 11 is 0. The summed E-state index contributed by atoms with van der Waals surface area (Å²) in [6.07, 6.45) is 45.1. The molecule has 1 atom stereocenters. The van der Waals surface area contributed by atoms with Crippen LogP contribution < -0.4 is 0 Å². The molecule has 0 spiro atoms. The number of ether oxygens (including phenoxy) is 2. The average Bonchev–Trinajstić information content (AvgIpc) is 3.08. The monoisotopic (exact) mass is 722 g/mol. The molecule has 0 heterocycles. The maximum atomic E-state index is 12.4. The highest BCUT2D eigenvalue weighted by molar-refractivity contribution is 7.46. The zero-order chi connectivity index (χ0) is 36.8. The van der Waals surface area contributed by atoms with Gasteiger partial charge in [0.25, 0.3) is 0 Å². The minimum Gasteiger partial charge on any atom is -0.462 e. The lowest BCUT2D eigenvalue weighted by Crippen LogP contribution is -2.29. The Labute approximate surface area is 305 Å². The minimum atomic E-state index is -4.76. The number of hydrogen-bond acceptors (Lipinski definition) is 6. The highest BCUT2D eigenvalue weighted by Crippen LogP contribution is 2.36. The van der Waals surface area contributed by atoms with Crippen molar-refractivity contribution in [3.63, 3.8) is 0 Å². The van der Waals surface area contributed by atoms with Gasteiger partial charge in [0.1, 0.15) is 6.61 Å². The Morgan fingerprint density at radius 2 is 0.980 bits per heavy atom. The summed E-state index contributed by atoms with van der Waals surface area (Å²) in [5, 5.41) is 0. The van der Waals surface area contributed by atoms with Gasteiger partial charge in [-0.05, 0) is 57.8 Å². The SMILES string of the molecule is CC/C=C/C=C/C=C/C=C/CCCCCCCC(=O)O[C@H](COC(=O)CCCCCCCCC/C=C/CCCCCCCC)COP(=O)(O)O. The molecule has 0 aliphatic rings. The predicted molar refractivity (Wildman–Crippen MR) is 207 cm³/mol. The van der Waals surface area contributed by atoms with E-state index in [1.165, 1.54) is 64.2 Å². The smallest absolute Gasteiger partial charge is 0.462 e. The van der Waals surface area contributed by atoms with Crippen molar-refractivity contribution >= 4 is 19.8 Å². The van der Waals surface area contributed by atoms with E-state index in [0.717, 1.165) is 64.2 Å². The fourth-order valence-corrected chi connectivity index (χ4v) is 5.56. The third-order valence-corrected chi connectivity index (χ3v) is 8.60. The molecular formula is C41H71O8P. The van der Waals surface area contributed by atoms with Crippen LogP contribution in [0.15, 0.2) is 60.8 Å². The van der Waals surface area contributed by atoms with E-state index in [2.05, 4.69) is 42.7 Å². The molecule has 0 saturated carbocycles. The Morgan fingerprint density at radius 3 is 1.50 bits per heavy atom. The normalized spacial score (nSPS) is 13.1. The number of esters is 2. The van der Waals surface area contributed by atoms with Crippen LogP contribution >= 0.6 is 7.82 Å². The maximum absolute atomic E-state index is 12.4. The Morgan fingerprint density at radius 1 is 0.540 bits per heavy atom. The van der Waals surface area contributed by atoms with E-state index in [1.807, 2.05) is 36.5 Å². The first-order valence-electron chi connectivity index (χ1n) is 19.6. The van der Waals surface area contributed by atoms with Gasteiger partial charge in [0.2, 0.25) is 0 Å². The van der Waals surface area contributed by atoms with Gasteiger partial charge in [-0.2, -0.15) is 0 Å². The fraction of sp³-hybridized carbons (Fsp3) is 0.707. The van der Waals surface area contributed by atoms with Crippen LogP contribution in [0.25, 0.3) is 0 Å². The number of unbranched alkanes of at least 4 members (excludes halogenated alkanes) is 18. The molecule has 288 valence electrons. The number of carbonyl (C=O) groups is 2. The summed E-state index contributed by atoms with van der Waals surface area (Å²) in [6.45, 7) is 3.51. The van der Waals surface area contributed by atoms with Crippen molar-refractivity contribution in [3.05, 3.63) is 60.8 Å². The lowest BCUT2D eigenvalue weighted by atomic mass is 10.1. The minimum absolute atomic E-state index is 0.183. The molecule has 2 N–H and O–H groups in total. The summed E-state index contributed by atoms with van der Waals surface area (Å²) in [5.74, 6) is -0.920. The van der Waals surface area contributed by atoms with Gasteiger partial charge in [0.05, 0.1) is 6.61 Å². The second-order valence-electron chi connectivity index (χ2n) is 13.0. The molecule has 0 fully saturated rings. The molecule has 0 amide bonds. The van der Waals surface area contributed by atoms with Gasteiger partial charge >= 0.3 is 19.8 Å². The predicted octanol–water partition coefficient (Wildman–Crippen LogP) is 11.7. The number of rotatable bonds is 35. The fourth-order valence-electron chi connectivity index (χ4n) is 5.20. The van der Waals surface area contributed by atoms with Crippen molar-refractivity contribution in [1.82, 2.24) is 0 Å². The molecular weight excluding hydrogens is 651 g/mol. The van der Waals surface area contributed by atoms with Crippen LogP contribution in [0, 0.1) is 0 Å². The molecule has 0 rings (SSSR count). The summed E-state index contributed by atoms with van der Waals surface area (Å²) in [4.78, 5) is 42.8. The van der Waals surface area contributed by atoms with Crippen molar-refractivity contribution in [3.8, 4) is 0 Å². The van der Waals surface area contributed by atoms with Gasteiger partial charge < -0.3 is 19.3 Å². The van der Waals surface area contributed by atoms with E-state index >= 15 is 0 Å². The summed E-state index contributed by atoms with van der Waals surface area (Å²) < 4.78 is 26.3. The molecule has 0 unspecified atom stereocenters. The Kier molecular flexibility index (Phi) is 34.9.